The van der Waals surface area contributed by atoms with Gasteiger partial charge in [0, 0.05) is 12.1 Å². The lowest BCUT2D eigenvalue weighted by Crippen LogP contribution is -2.18. The van der Waals surface area contributed by atoms with Crippen LogP contribution in [0.25, 0.3) is 0 Å². The number of halogens is 3. The summed E-state index contributed by atoms with van der Waals surface area (Å²) in [6, 6.07) is 7.77. The Kier molecular flexibility index (Phi) is 3.84. The molecule has 0 heterocycles. The van der Waals surface area contributed by atoms with E-state index in [9.17, 15) is 21.6 Å². The van der Waals surface area contributed by atoms with Gasteiger partial charge in [0.25, 0.3) is 0 Å². The molecule has 2 aromatic rings. The van der Waals surface area contributed by atoms with Crippen molar-refractivity contribution < 1.29 is 30.0 Å². The highest BCUT2D eigenvalue weighted by Crippen LogP contribution is 2.25. The Morgan fingerprint density at radius 3 is 1.95 bits per heavy atom. The Labute approximate surface area is 112 Å². The first-order chi connectivity index (χ1) is 9.37. The van der Waals surface area contributed by atoms with Crippen LogP contribution in [0, 0.1) is 17.5 Å². The average Bonchev–Trinajstić information content (AvgIpc) is 2.34. The largest absolute Gasteiger partial charge is 0.501 e. The van der Waals surface area contributed by atoms with E-state index in [1.807, 2.05) is 0 Å². The summed E-state index contributed by atoms with van der Waals surface area (Å²) in [7, 11) is -4.75. The van der Waals surface area contributed by atoms with Gasteiger partial charge in [-0.25, -0.2) is 13.2 Å². The molecule has 0 aromatic heterocycles. The van der Waals surface area contributed by atoms with Crippen molar-refractivity contribution in [2.24, 2.45) is 0 Å². The van der Waals surface area contributed by atoms with E-state index in [2.05, 4.69) is 8.37 Å². The van der Waals surface area contributed by atoms with Crippen LogP contribution in [-0.4, -0.2) is 8.42 Å². The Morgan fingerprint density at radius 2 is 1.40 bits per heavy atom. The maximum absolute atomic E-state index is 13.3. The predicted octanol–water partition coefficient (Wildman–Crippen LogP) is 2.81. The van der Waals surface area contributed by atoms with Crippen LogP contribution >= 0.6 is 0 Å². The summed E-state index contributed by atoms with van der Waals surface area (Å²) in [5.41, 5.74) is 0. The second kappa shape index (κ2) is 5.41. The summed E-state index contributed by atoms with van der Waals surface area (Å²) >= 11 is 0. The minimum absolute atomic E-state index is 0.101. The van der Waals surface area contributed by atoms with Crippen LogP contribution in [0.3, 0.4) is 0 Å². The summed E-state index contributed by atoms with van der Waals surface area (Å²) in [6.45, 7) is 0. The fourth-order valence-electron chi connectivity index (χ4n) is 1.32. The monoisotopic (exact) mass is 304 g/mol. The third-order valence-electron chi connectivity index (χ3n) is 2.09. The highest BCUT2D eigenvalue weighted by molar-refractivity contribution is 7.82. The molecule has 4 nitrogen and oxygen atoms in total. The van der Waals surface area contributed by atoms with Crippen molar-refractivity contribution in [1.82, 2.24) is 0 Å². The molecule has 0 unspecified atom stereocenters. The molecule has 0 aliphatic rings. The molecule has 0 spiro atoms. The Hall–Kier alpha value is -2.22. The maximum atomic E-state index is 13.3. The molecule has 0 saturated carbocycles. The quantitative estimate of drug-likeness (QED) is 0.871. The fraction of sp³-hybridized carbons (Fsp3) is 0. The lowest BCUT2D eigenvalue weighted by atomic mass is 10.3. The van der Waals surface area contributed by atoms with E-state index in [0.29, 0.717) is 0 Å². The minimum Gasteiger partial charge on any atom is -0.353 e. The molecular formula is C12H7F3O4S. The molecule has 8 heteroatoms. The first kappa shape index (κ1) is 14.2. The van der Waals surface area contributed by atoms with Crippen LogP contribution in [0.1, 0.15) is 0 Å². The van der Waals surface area contributed by atoms with Gasteiger partial charge < -0.3 is 8.37 Å². The fourth-order valence-corrected chi connectivity index (χ4v) is 2.07. The molecule has 106 valence electrons. The molecule has 2 rings (SSSR count). The van der Waals surface area contributed by atoms with E-state index < -0.39 is 33.6 Å². The first-order valence-corrected chi connectivity index (χ1v) is 6.54. The van der Waals surface area contributed by atoms with Gasteiger partial charge in [-0.3, -0.25) is 0 Å². The van der Waals surface area contributed by atoms with E-state index in [1.165, 1.54) is 24.3 Å². The van der Waals surface area contributed by atoms with Gasteiger partial charge in [0.15, 0.2) is 11.6 Å². The second-order valence-corrected chi connectivity index (χ2v) is 4.74. The van der Waals surface area contributed by atoms with Gasteiger partial charge in [-0.1, -0.05) is 18.2 Å². The second-order valence-electron chi connectivity index (χ2n) is 3.59. The SMILES string of the molecule is O=S(=O)(Oc1ccccc1)Oc1c(F)cc(F)cc1F. The number of benzene rings is 2. The molecule has 20 heavy (non-hydrogen) atoms. The van der Waals surface area contributed by atoms with Crippen LogP contribution in [0.15, 0.2) is 42.5 Å². The van der Waals surface area contributed by atoms with Gasteiger partial charge in [0.1, 0.15) is 11.6 Å². The number of para-hydroxylation sites is 1. The molecule has 0 aliphatic carbocycles. The van der Waals surface area contributed by atoms with E-state index in [1.54, 1.807) is 6.07 Å². The van der Waals surface area contributed by atoms with Crippen molar-refractivity contribution in [3.63, 3.8) is 0 Å². The lowest BCUT2D eigenvalue weighted by molar-refractivity contribution is 0.367. The zero-order valence-electron chi connectivity index (χ0n) is 9.72. The molecule has 0 bridgehead atoms. The summed E-state index contributed by atoms with van der Waals surface area (Å²) in [4.78, 5) is 0. The van der Waals surface area contributed by atoms with Gasteiger partial charge in [0.2, 0.25) is 5.75 Å². The Morgan fingerprint density at radius 1 is 0.850 bits per heavy atom. The third kappa shape index (κ3) is 3.41. The predicted molar refractivity (Wildman–Crippen MR) is 62.9 cm³/mol. The average molecular weight is 304 g/mol. The summed E-state index contributed by atoms with van der Waals surface area (Å²) in [6.07, 6.45) is 0. The minimum atomic E-state index is -4.75. The van der Waals surface area contributed by atoms with Crippen molar-refractivity contribution in [3.05, 3.63) is 59.9 Å². The molecule has 0 fully saturated rings. The van der Waals surface area contributed by atoms with E-state index >= 15 is 0 Å². The zero-order chi connectivity index (χ0) is 14.8. The third-order valence-corrected chi connectivity index (χ3v) is 2.86. The highest BCUT2D eigenvalue weighted by Gasteiger charge is 2.22. The lowest BCUT2D eigenvalue weighted by Gasteiger charge is -2.09. The van der Waals surface area contributed by atoms with Crippen molar-refractivity contribution in [2.45, 2.75) is 0 Å². The number of rotatable bonds is 4. The zero-order valence-corrected chi connectivity index (χ0v) is 10.5. The van der Waals surface area contributed by atoms with Crippen LogP contribution < -0.4 is 8.37 Å². The van der Waals surface area contributed by atoms with Crippen LogP contribution in [0.5, 0.6) is 11.5 Å². The van der Waals surface area contributed by atoms with Gasteiger partial charge in [-0.15, -0.1) is 8.42 Å². The maximum Gasteiger partial charge on any atom is 0.501 e. The topological polar surface area (TPSA) is 52.6 Å². The van der Waals surface area contributed by atoms with Crippen LogP contribution in [0.4, 0.5) is 13.2 Å². The molecule has 0 atom stereocenters. The van der Waals surface area contributed by atoms with Crippen molar-refractivity contribution in [2.75, 3.05) is 0 Å². The van der Waals surface area contributed by atoms with Crippen LogP contribution in [0.2, 0.25) is 0 Å². The molecule has 0 N–H and O–H groups in total. The Bertz CT molecular complexity index is 694. The van der Waals surface area contributed by atoms with E-state index in [0.717, 1.165) is 0 Å². The van der Waals surface area contributed by atoms with Crippen LogP contribution in [-0.2, 0) is 10.4 Å². The normalized spacial score (nSPS) is 11.2. The van der Waals surface area contributed by atoms with E-state index in [4.69, 9.17) is 0 Å². The van der Waals surface area contributed by atoms with E-state index in [-0.39, 0.29) is 17.9 Å². The van der Waals surface area contributed by atoms with Crippen molar-refractivity contribution in [1.29, 1.82) is 0 Å². The molecule has 0 amide bonds. The smallest absolute Gasteiger partial charge is 0.353 e. The first-order valence-electron chi connectivity index (χ1n) is 5.21. The molecule has 0 aliphatic heterocycles. The highest BCUT2D eigenvalue weighted by atomic mass is 32.3. The van der Waals surface area contributed by atoms with Gasteiger partial charge in [0.05, 0.1) is 0 Å². The van der Waals surface area contributed by atoms with Crippen molar-refractivity contribution in [3.8, 4) is 11.5 Å². The summed E-state index contributed by atoms with van der Waals surface area (Å²) in [5, 5.41) is 0. The van der Waals surface area contributed by atoms with Gasteiger partial charge >= 0.3 is 10.4 Å². The number of hydrogen-bond acceptors (Lipinski definition) is 4. The summed E-state index contributed by atoms with van der Waals surface area (Å²) in [5.74, 6) is -5.56. The molecule has 0 saturated heterocycles. The Balaban J connectivity index is 2.25. The van der Waals surface area contributed by atoms with Gasteiger partial charge in [-0.2, -0.15) is 0 Å². The molecular weight excluding hydrogens is 297 g/mol. The molecule has 0 radical (unpaired) electrons. The summed E-state index contributed by atoms with van der Waals surface area (Å²) < 4.78 is 70.8. The molecule has 2 aromatic carbocycles. The standard InChI is InChI=1S/C12H7F3O4S/c13-8-6-10(14)12(11(15)7-8)19-20(16,17)18-9-4-2-1-3-5-9/h1-7H. The van der Waals surface area contributed by atoms with Crippen molar-refractivity contribution >= 4 is 10.4 Å². The van der Waals surface area contributed by atoms with Gasteiger partial charge in [-0.05, 0) is 12.1 Å². The number of hydrogen-bond donors (Lipinski definition) is 0.